The van der Waals surface area contributed by atoms with E-state index in [0.717, 1.165) is 16.2 Å². The van der Waals surface area contributed by atoms with Crippen LogP contribution in [0.4, 0.5) is 0 Å². The molecule has 7 heteroatoms. The van der Waals surface area contributed by atoms with Crippen molar-refractivity contribution in [3.05, 3.63) is 82.4 Å². The third-order valence-corrected chi connectivity index (χ3v) is 6.54. The van der Waals surface area contributed by atoms with Crippen molar-refractivity contribution >= 4 is 29.3 Å². The van der Waals surface area contributed by atoms with Gasteiger partial charge in [-0.3, -0.25) is 4.79 Å². The highest BCUT2D eigenvalue weighted by Crippen LogP contribution is 2.36. The zero-order valence-electron chi connectivity index (χ0n) is 18.1. The Morgan fingerprint density at radius 2 is 1.78 bits per heavy atom. The van der Waals surface area contributed by atoms with Crippen LogP contribution in [0.5, 0.6) is 17.2 Å². The number of hydrogen-bond donors (Lipinski definition) is 2. The molecule has 0 heterocycles. The van der Waals surface area contributed by atoms with Crippen molar-refractivity contribution in [1.82, 2.24) is 0 Å². The van der Waals surface area contributed by atoms with Crippen LogP contribution in [0.2, 0.25) is 5.02 Å². The van der Waals surface area contributed by atoms with E-state index in [9.17, 15) is 15.0 Å². The average molecular weight is 473 g/mol. The first-order chi connectivity index (χ1) is 15.2. The first kappa shape index (κ1) is 23.8. The minimum absolute atomic E-state index is 0.109. The number of aromatic hydroxyl groups is 1. The molecule has 32 heavy (non-hydrogen) atoms. The molecule has 0 atom stereocenters. The monoisotopic (exact) mass is 472 g/mol. The number of aliphatic carboxylic acids is 1. The lowest BCUT2D eigenvalue weighted by Crippen LogP contribution is -2.28. The van der Waals surface area contributed by atoms with Crippen LogP contribution >= 0.6 is 23.4 Å². The van der Waals surface area contributed by atoms with E-state index in [-0.39, 0.29) is 12.4 Å². The van der Waals surface area contributed by atoms with Gasteiger partial charge in [-0.15, -0.1) is 11.8 Å². The van der Waals surface area contributed by atoms with Gasteiger partial charge >= 0.3 is 5.97 Å². The number of halogens is 1. The zero-order valence-corrected chi connectivity index (χ0v) is 19.7. The first-order valence-electron chi connectivity index (χ1n) is 9.94. The lowest BCUT2D eigenvalue weighted by molar-refractivity contribution is -0.142. The van der Waals surface area contributed by atoms with Gasteiger partial charge in [0.1, 0.15) is 23.9 Å². The molecule has 0 radical (unpaired) electrons. The van der Waals surface area contributed by atoms with E-state index in [1.54, 1.807) is 50.9 Å². The summed E-state index contributed by atoms with van der Waals surface area (Å²) < 4.78 is 11.3. The van der Waals surface area contributed by atoms with Crippen LogP contribution < -0.4 is 9.47 Å². The number of ether oxygens (including phenoxy) is 2. The van der Waals surface area contributed by atoms with Crippen LogP contribution in [0.15, 0.2) is 65.6 Å². The maximum atomic E-state index is 11.5. The predicted molar refractivity (Wildman–Crippen MR) is 127 cm³/mol. The molecule has 3 rings (SSSR count). The third-order valence-electron chi connectivity index (χ3n) is 5.18. The number of carboxylic acids is 1. The fourth-order valence-electron chi connectivity index (χ4n) is 2.96. The minimum atomic E-state index is -0.991. The molecule has 3 aromatic rings. The molecular weight excluding hydrogens is 448 g/mol. The van der Waals surface area contributed by atoms with Gasteiger partial charge in [0.2, 0.25) is 0 Å². The Morgan fingerprint density at radius 1 is 1.06 bits per heavy atom. The van der Waals surface area contributed by atoms with E-state index >= 15 is 0 Å². The Kier molecular flexibility index (Phi) is 7.59. The van der Waals surface area contributed by atoms with Crippen LogP contribution in [-0.4, -0.2) is 23.3 Å². The second-order valence-electron chi connectivity index (χ2n) is 7.79. The van der Waals surface area contributed by atoms with Gasteiger partial charge in [-0.2, -0.15) is 0 Å². The molecule has 2 N–H and O–H groups in total. The third kappa shape index (κ3) is 5.69. The lowest BCUT2D eigenvalue weighted by Gasteiger charge is -2.21. The number of carboxylic acid groups (broad SMARTS) is 1. The van der Waals surface area contributed by atoms with Crippen molar-refractivity contribution < 1.29 is 24.5 Å². The van der Waals surface area contributed by atoms with E-state index in [0.29, 0.717) is 27.6 Å². The van der Waals surface area contributed by atoms with Gasteiger partial charge in [0, 0.05) is 21.2 Å². The quantitative estimate of drug-likeness (QED) is 0.356. The summed E-state index contributed by atoms with van der Waals surface area (Å²) in [5.41, 5.74) is 1.47. The molecule has 168 valence electrons. The molecule has 0 aliphatic rings. The fraction of sp³-hybridized carbons (Fsp3) is 0.240. The Bertz CT molecular complexity index is 1100. The fourth-order valence-corrected chi connectivity index (χ4v) is 4.09. The molecule has 0 amide bonds. The average Bonchev–Trinajstić information content (AvgIpc) is 2.77. The Morgan fingerprint density at radius 3 is 2.41 bits per heavy atom. The summed E-state index contributed by atoms with van der Waals surface area (Å²) in [6.45, 7) is 3.59. The van der Waals surface area contributed by atoms with Crippen LogP contribution in [-0.2, 0) is 22.6 Å². The highest BCUT2D eigenvalue weighted by Gasteiger charge is 2.30. The molecule has 0 aliphatic carbocycles. The standard InChI is InChI=1S/C25H25ClO5S/c1-25(2,24(28)29)18-7-11-23(22(12-18)30-3)32-15-16-4-9-20(10-5-16)31-14-17-6-8-19(26)13-21(17)27/h4-13,27H,14-15H2,1-3H3,(H,28,29). The number of phenolic OH excluding ortho intramolecular Hbond substituents is 1. The summed E-state index contributed by atoms with van der Waals surface area (Å²) in [5, 5.41) is 19.8. The van der Waals surface area contributed by atoms with Crippen molar-refractivity contribution in [2.75, 3.05) is 7.11 Å². The second-order valence-corrected chi connectivity index (χ2v) is 9.24. The number of hydrogen-bond acceptors (Lipinski definition) is 5. The van der Waals surface area contributed by atoms with E-state index in [4.69, 9.17) is 21.1 Å². The van der Waals surface area contributed by atoms with Crippen LogP contribution in [0, 0.1) is 0 Å². The summed E-state index contributed by atoms with van der Waals surface area (Å²) >= 11 is 7.46. The number of rotatable bonds is 9. The number of benzene rings is 3. The number of carbonyl (C=O) groups is 1. The van der Waals surface area contributed by atoms with Gasteiger partial charge < -0.3 is 19.7 Å². The molecule has 0 spiro atoms. The molecule has 0 aliphatic heterocycles. The number of phenols is 1. The summed E-state index contributed by atoms with van der Waals surface area (Å²) in [4.78, 5) is 12.5. The topological polar surface area (TPSA) is 76.0 Å². The Hall–Kier alpha value is -2.83. The van der Waals surface area contributed by atoms with Crippen LogP contribution in [0.3, 0.4) is 0 Å². The summed E-state index contributed by atoms with van der Waals surface area (Å²) in [7, 11) is 1.58. The summed E-state index contributed by atoms with van der Waals surface area (Å²) in [6, 6.07) is 18.2. The van der Waals surface area contributed by atoms with Gasteiger partial charge in [-0.25, -0.2) is 0 Å². The lowest BCUT2D eigenvalue weighted by atomic mass is 9.85. The van der Waals surface area contributed by atoms with Crippen molar-refractivity contribution in [2.45, 2.75) is 36.5 Å². The molecule has 0 saturated carbocycles. The molecule has 0 aromatic heterocycles. The summed E-state index contributed by atoms with van der Waals surface area (Å²) in [5.74, 6) is 1.30. The molecule has 0 fully saturated rings. The molecule has 0 unspecified atom stereocenters. The first-order valence-corrected chi connectivity index (χ1v) is 11.3. The van der Waals surface area contributed by atoms with Gasteiger partial charge in [-0.05, 0) is 61.4 Å². The molecule has 0 bridgehead atoms. The molecule has 5 nitrogen and oxygen atoms in total. The SMILES string of the molecule is COc1cc(C(C)(C)C(=O)O)ccc1SCc1ccc(OCc2ccc(Cl)cc2O)cc1. The maximum Gasteiger partial charge on any atom is 0.313 e. The largest absolute Gasteiger partial charge is 0.507 e. The van der Waals surface area contributed by atoms with Crippen molar-refractivity contribution in [3.8, 4) is 17.2 Å². The Labute approximate surface area is 197 Å². The number of thioether (sulfide) groups is 1. The Balaban J connectivity index is 1.62. The van der Waals surface area contributed by atoms with Gasteiger partial charge in [0.25, 0.3) is 0 Å². The molecular formula is C25H25ClO5S. The van der Waals surface area contributed by atoms with Crippen molar-refractivity contribution in [2.24, 2.45) is 0 Å². The highest BCUT2D eigenvalue weighted by atomic mass is 35.5. The highest BCUT2D eigenvalue weighted by molar-refractivity contribution is 7.98. The van der Waals surface area contributed by atoms with E-state index in [1.165, 1.54) is 6.07 Å². The normalized spacial score (nSPS) is 11.2. The smallest absolute Gasteiger partial charge is 0.313 e. The van der Waals surface area contributed by atoms with Gasteiger partial charge in [0.15, 0.2) is 0 Å². The van der Waals surface area contributed by atoms with E-state index < -0.39 is 11.4 Å². The number of methoxy groups -OCH3 is 1. The van der Waals surface area contributed by atoms with E-state index in [1.807, 2.05) is 36.4 Å². The van der Waals surface area contributed by atoms with E-state index in [2.05, 4.69) is 0 Å². The molecule has 3 aromatic carbocycles. The second kappa shape index (κ2) is 10.2. The van der Waals surface area contributed by atoms with Gasteiger partial charge in [-0.1, -0.05) is 35.9 Å². The predicted octanol–water partition coefficient (Wildman–Crippen LogP) is 6.29. The maximum absolute atomic E-state index is 11.5. The minimum Gasteiger partial charge on any atom is -0.507 e. The van der Waals surface area contributed by atoms with Crippen molar-refractivity contribution in [1.29, 1.82) is 0 Å². The van der Waals surface area contributed by atoms with Crippen LogP contribution in [0.25, 0.3) is 0 Å². The van der Waals surface area contributed by atoms with Crippen LogP contribution in [0.1, 0.15) is 30.5 Å². The van der Waals surface area contributed by atoms with Crippen molar-refractivity contribution in [3.63, 3.8) is 0 Å². The zero-order chi connectivity index (χ0) is 23.3. The van der Waals surface area contributed by atoms with Gasteiger partial charge in [0.05, 0.1) is 12.5 Å². The molecule has 0 saturated heterocycles. The summed E-state index contributed by atoms with van der Waals surface area (Å²) in [6.07, 6.45) is 0.